The Morgan fingerprint density at radius 1 is 1.37 bits per heavy atom. The van der Waals surface area contributed by atoms with E-state index in [2.05, 4.69) is 5.32 Å². The second-order valence-corrected chi connectivity index (χ2v) is 8.62. The Balaban J connectivity index is 1.80. The molecular weight excluding hydrogens is 378 g/mol. The molecule has 1 aromatic rings. The fraction of sp³-hybridized carbons (Fsp3) is 0.500. The molecule has 27 heavy (non-hydrogen) atoms. The molecule has 0 radical (unpaired) electrons. The van der Waals surface area contributed by atoms with E-state index in [-0.39, 0.29) is 6.54 Å². The van der Waals surface area contributed by atoms with Crippen molar-refractivity contribution in [3.8, 4) is 5.75 Å². The van der Waals surface area contributed by atoms with Crippen LogP contribution in [0.4, 0.5) is 0 Å². The van der Waals surface area contributed by atoms with Gasteiger partial charge in [-0.25, -0.2) is 4.79 Å². The second-order valence-electron chi connectivity index (χ2n) is 6.88. The molecular formula is C16H19N3O7S. The fourth-order valence-corrected chi connectivity index (χ4v) is 5.08. The summed E-state index contributed by atoms with van der Waals surface area (Å²) in [6.45, 7) is 3.16. The van der Waals surface area contributed by atoms with Crippen molar-refractivity contribution in [3.05, 3.63) is 28.7 Å². The van der Waals surface area contributed by atoms with Crippen LogP contribution in [0, 0.1) is 0 Å². The van der Waals surface area contributed by atoms with Gasteiger partial charge < -0.3 is 29.7 Å². The number of carbonyl (C=O) groups is 3. The lowest BCUT2D eigenvalue weighted by atomic mass is 9.93. The van der Waals surface area contributed by atoms with Gasteiger partial charge in [0.05, 0.1) is 6.20 Å². The summed E-state index contributed by atoms with van der Waals surface area (Å²) in [5.41, 5.74) is -2.24. The summed E-state index contributed by atoms with van der Waals surface area (Å²) in [4.78, 5) is 49.1. The van der Waals surface area contributed by atoms with Crippen LogP contribution in [0.5, 0.6) is 5.75 Å². The van der Waals surface area contributed by atoms with E-state index in [0.717, 1.165) is 12.3 Å². The molecule has 3 rings (SSSR count). The first-order valence-electron chi connectivity index (χ1n) is 8.02. The SMILES string of the molecule is COC1(NC(=O)Cn2ccc(=O)c(O)c2)C(=O)N2[C@@H](C(=O)O)C(C)(C)S[C@@H]21. The van der Waals surface area contributed by atoms with E-state index in [1.165, 1.54) is 34.5 Å². The van der Waals surface area contributed by atoms with E-state index >= 15 is 0 Å². The van der Waals surface area contributed by atoms with Crippen molar-refractivity contribution >= 4 is 29.5 Å². The molecule has 0 aromatic carbocycles. The van der Waals surface area contributed by atoms with Crippen LogP contribution in [0.3, 0.4) is 0 Å². The summed E-state index contributed by atoms with van der Waals surface area (Å²) in [6.07, 6.45) is 2.42. The number of carboxylic acid groups (broad SMARTS) is 1. The Morgan fingerprint density at radius 3 is 2.59 bits per heavy atom. The highest BCUT2D eigenvalue weighted by atomic mass is 32.2. The molecule has 2 aliphatic heterocycles. The van der Waals surface area contributed by atoms with Gasteiger partial charge in [0.15, 0.2) is 5.75 Å². The number of hydrogen-bond acceptors (Lipinski definition) is 7. The molecule has 11 heteroatoms. The van der Waals surface area contributed by atoms with Crippen molar-refractivity contribution in [2.75, 3.05) is 7.11 Å². The molecule has 2 aliphatic rings. The van der Waals surface area contributed by atoms with Crippen LogP contribution in [0.2, 0.25) is 0 Å². The minimum atomic E-state index is -1.66. The maximum absolute atomic E-state index is 12.7. The maximum Gasteiger partial charge on any atom is 0.327 e. The van der Waals surface area contributed by atoms with E-state index < -0.39 is 50.8 Å². The summed E-state index contributed by atoms with van der Waals surface area (Å²) in [5, 5.41) is 20.8. The molecule has 1 unspecified atom stereocenters. The minimum Gasteiger partial charge on any atom is -0.503 e. The lowest BCUT2D eigenvalue weighted by Crippen LogP contribution is -2.80. The Bertz CT molecular complexity index is 883. The average Bonchev–Trinajstić information content (AvgIpc) is 2.85. The summed E-state index contributed by atoms with van der Waals surface area (Å²) in [7, 11) is 1.27. The molecule has 3 heterocycles. The third-order valence-corrected chi connectivity index (χ3v) is 6.28. The van der Waals surface area contributed by atoms with E-state index in [9.17, 15) is 29.4 Å². The summed E-state index contributed by atoms with van der Waals surface area (Å²) < 4.78 is 5.84. The van der Waals surface area contributed by atoms with E-state index in [1.54, 1.807) is 13.8 Å². The van der Waals surface area contributed by atoms with Gasteiger partial charge in [-0.05, 0) is 13.8 Å². The van der Waals surface area contributed by atoms with Gasteiger partial charge in [-0.3, -0.25) is 14.4 Å². The number of nitrogens with one attached hydrogen (secondary N) is 1. The van der Waals surface area contributed by atoms with Crippen LogP contribution in [0.1, 0.15) is 13.8 Å². The highest BCUT2D eigenvalue weighted by Crippen LogP contribution is 2.55. The average molecular weight is 397 g/mol. The topological polar surface area (TPSA) is 138 Å². The van der Waals surface area contributed by atoms with Crippen LogP contribution in [0.25, 0.3) is 0 Å². The number of aromatic hydroxyl groups is 1. The van der Waals surface area contributed by atoms with E-state index in [1.807, 2.05) is 0 Å². The first-order valence-corrected chi connectivity index (χ1v) is 8.90. The van der Waals surface area contributed by atoms with E-state index in [0.29, 0.717) is 0 Å². The molecule has 1 aromatic heterocycles. The van der Waals surface area contributed by atoms with Crippen molar-refractivity contribution in [2.45, 2.75) is 42.3 Å². The molecule has 2 saturated heterocycles. The highest BCUT2D eigenvalue weighted by Gasteiger charge is 2.73. The number of aromatic nitrogens is 1. The number of amides is 2. The molecule has 3 atom stereocenters. The molecule has 0 spiro atoms. The molecule has 0 aliphatic carbocycles. The van der Waals surface area contributed by atoms with Crippen LogP contribution in [-0.2, 0) is 25.7 Å². The van der Waals surface area contributed by atoms with Crippen molar-refractivity contribution in [3.63, 3.8) is 0 Å². The summed E-state index contributed by atoms with van der Waals surface area (Å²) in [5.74, 6) is -2.85. The first kappa shape index (κ1) is 19.2. The van der Waals surface area contributed by atoms with Gasteiger partial charge in [-0.2, -0.15) is 0 Å². The van der Waals surface area contributed by atoms with Crippen LogP contribution >= 0.6 is 11.8 Å². The number of thioether (sulfide) groups is 1. The van der Waals surface area contributed by atoms with Crippen LogP contribution in [0.15, 0.2) is 23.3 Å². The number of aliphatic carboxylic acids is 1. The maximum atomic E-state index is 12.7. The number of rotatable bonds is 5. The van der Waals surface area contributed by atoms with Gasteiger partial charge in [0.1, 0.15) is 18.0 Å². The molecule has 0 saturated carbocycles. The number of fused-ring (bicyclic) bond motifs is 1. The highest BCUT2D eigenvalue weighted by molar-refractivity contribution is 8.01. The van der Waals surface area contributed by atoms with Crippen molar-refractivity contribution in [2.24, 2.45) is 0 Å². The Labute approximate surface area is 158 Å². The zero-order chi connectivity index (χ0) is 20.1. The van der Waals surface area contributed by atoms with Gasteiger partial charge in [-0.1, -0.05) is 0 Å². The lowest BCUT2D eigenvalue weighted by molar-refractivity contribution is -0.201. The second kappa shape index (κ2) is 6.27. The molecule has 0 bridgehead atoms. The minimum absolute atomic E-state index is 0.268. The van der Waals surface area contributed by atoms with Gasteiger partial charge in [0, 0.05) is 24.1 Å². The molecule has 10 nitrogen and oxygen atoms in total. The number of pyridine rings is 1. The fourth-order valence-electron chi connectivity index (χ4n) is 3.41. The zero-order valence-corrected chi connectivity index (χ0v) is 15.6. The Hall–Kier alpha value is -2.53. The molecule has 3 N–H and O–H groups in total. The number of methoxy groups -OCH3 is 1. The molecule has 2 fully saturated rings. The van der Waals surface area contributed by atoms with Gasteiger partial charge in [0.25, 0.3) is 11.6 Å². The van der Waals surface area contributed by atoms with Gasteiger partial charge in [-0.15, -0.1) is 11.8 Å². The third-order valence-electron chi connectivity index (χ3n) is 4.67. The number of ether oxygens (including phenoxy) is 1. The van der Waals surface area contributed by atoms with E-state index in [4.69, 9.17) is 4.74 Å². The monoisotopic (exact) mass is 397 g/mol. The largest absolute Gasteiger partial charge is 0.503 e. The molecule has 146 valence electrons. The van der Waals surface area contributed by atoms with Gasteiger partial charge >= 0.3 is 5.97 Å². The smallest absolute Gasteiger partial charge is 0.327 e. The number of nitrogens with zero attached hydrogens (tertiary/aromatic N) is 2. The summed E-state index contributed by atoms with van der Waals surface area (Å²) in [6, 6.07) is 0.0775. The zero-order valence-electron chi connectivity index (χ0n) is 14.8. The van der Waals surface area contributed by atoms with Crippen molar-refractivity contribution in [1.29, 1.82) is 0 Å². The quantitative estimate of drug-likeness (QED) is 0.432. The van der Waals surface area contributed by atoms with Crippen molar-refractivity contribution in [1.82, 2.24) is 14.8 Å². The van der Waals surface area contributed by atoms with Gasteiger partial charge in [0.2, 0.25) is 11.3 Å². The summed E-state index contributed by atoms with van der Waals surface area (Å²) >= 11 is 1.24. The predicted molar refractivity (Wildman–Crippen MR) is 94.0 cm³/mol. The third kappa shape index (κ3) is 2.86. The predicted octanol–water partition coefficient (Wildman–Crippen LogP) is -0.840. The van der Waals surface area contributed by atoms with Crippen LogP contribution < -0.4 is 10.7 Å². The van der Waals surface area contributed by atoms with Crippen molar-refractivity contribution < 1.29 is 29.3 Å². The standard InChI is InChI=1S/C16H19N3O7S/c1-15(2)11(12(23)24)19-13(25)16(26-3,14(19)27-15)17-10(22)7-18-5-4-8(20)9(21)6-18/h4-6,11,14,21H,7H2,1-3H3,(H,17,22)(H,23,24)/t11-,14+,16?/m0/s1. The number of β-lactam (4-membered cyclic amide) rings is 1. The normalized spacial score (nSPS) is 28.4. The van der Waals surface area contributed by atoms with Crippen LogP contribution in [-0.4, -0.2) is 66.5 Å². The first-order chi connectivity index (χ1) is 12.5. The Morgan fingerprint density at radius 2 is 2.04 bits per heavy atom. The Kier molecular flexibility index (Phi) is 4.47. The lowest BCUT2D eigenvalue weighted by Gasteiger charge is -2.51. The number of carbonyl (C=O) groups excluding carboxylic acids is 2. The number of hydrogen-bond donors (Lipinski definition) is 3. The number of carboxylic acids is 1. The molecule has 2 amide bonds.